The predicted molar refractivity (Wildman–Crippen MR) is 54.1 cm³/mol. The van der Waals surface area contributed by atoms with E-state index in [2.05, 4.69) is 21.7 Å². The second-order valence-electron chi connectivity index (χ2n) is 3.14. The highest BCUT2D eigenvalue weighted by Crippen LogP contribution is 2.13. The van der Waals surface area contributed by atoms with Gasteiger partial charge in [0.2, 0.25) is 0 Å². The first kappa shape index (κ1) is 11.2. The van der Waals surface area contributed by atoms with Crippen LogP contribution in [0.15, 0.2) is 28.7 Å². The summed E-state index contributed by atoms with van der Waals surface area (Å²) in [6.07, 6.45) is 0.485. The zero-order chi connectivity index (χ0) is 10.6. The van der Waals surface area contributed by atoms with Crippen LogP contribution in [0.2, 0.25) is 0 Å². The SMILES string of the molecule is [NH3+]C[C@@H](Cc1ccc(Br)cc1)C(=O)[O-]. The van der Waals surface area contributed by atoms with Gasteiger partial charge in [0, 0.05) is 4.47 Å². The number of benzene rings is 1. The second-order valence-corrected chi connectivity index (χ2v) is 4.05. The van der Waals surface area contributed by atoms with Gasteiger partial charge in [0.05, 0.1) is 18.4 Å². The van der Waals surface area contributed by atoms with E-state index in [4.69, 9.17) is 0 Å². The van der Waals surface area contributed by atoms with Crippen molar-refractivity contribution in [1.82, 2.24) is 0 Å². The van der Waals surface area contributed by atoms with Crippen LogP contribution in [0.5, 0.6) is 0 Å². The highest BCUT2D eigenvalue weighted by atomic mass is 79.9. The Morgan fingerprint density at radius 1 is 1.43 bits per heavy atom. The molecule has 1 aromatic carbocycles. The maximum Gasteiger partial charge on any atom is 0.0824 e. The summed E-state index contributed by atoms with van der Waals surface area (Å²) in [5, 5.41) is 10.6. The summed E-state index contributed by atoms with van der Waals surface area (Å²) in [4.78, 5) is 10.6. The van der Waals surface area contributed by atoms with Crippen LogP contribution in [-0.2, 0) is 11.2 Å². The second kappa shape index (κ2) is 5.12. The molecule has 3 nitrogen and oxygen atoms in total. The van der Waals surface area contributed by atoms with Crippen LogP contribution in [0, 0.1) is 5.92 Å². The van der Waals surface area contributed by atoms with Gasteiger partial charge in [-0.25, -0.2) is 0 Å². The fraction of sp³-hybridized carbons (Fsp3) is 0.300. The van der Waals surface area contributed by atoms with Gasteiger partial charge < -0.3 is 15.6 Å². The van der Waals surface area contributed by atoms with Crippen LogP contribution in [0.1, 0.15) is 5.56 Å². The van der Waals surface area contributed by atoms with Crippen LogP contribution in [0.3, 0.4) is 0 Å². The maximum atomic E-state index is 10.6. The largest absolute Gasteiger partial charge is 0.550 e. The van der Waals surface area contributed by atoms with Crippen LogP contribution in [0.4, 0.5) is 0 Å². The number of carboxylic acid groups (broad SMARTS) is 1. The van der Waals surface area contributed by atoms with Crippen molar-refractivity contribution in [3.05, 3.63) is 34.3 Å². The monoisotopic (exact) mass is 257 g/mol. The van der Waals surface area contributed by atoms with Crippen molar-refractivity contribution in [3.8, 4) is 0 Å². The summed E-state index contributed by atoms with van der Waals surface area (Å²) in [7, 11) is 0. The highest BCUT2D eigenvalue weighted by Gasteiger charge is 2.10. The van der Waals surface area contributed by atoms with E-state index in [1.54, 1.807) is 0 Å². The zero-order valence-electron chi connectivity index (χ0n) is 7.70. The number of carbonyl (C=O) groups excluding carboxylic acids is 1. The third-order valence-electron chi connectivity index (χ3n) is 2.08. The normalized spacial score (nSPS) is 12.4. The van der Waals surface area contributed by atoms with Crippen molar-refractivity contribution in [2.75, 3.05) is 6.54 Å². The molecule has 76 valence electrons. The van der Waals surface area contributed by atoms with Gasteiger partial charge in [0.25, 0.3) is 0 Å². The molecule has 0 unspecified atom stereocenters. The van der Waals surface area contributed by atoms with Gasteiger partial charge in [-0.05, 0) is 24.1 Å². The molecule has 0 saturated carbocycles. The van der Waals surface area contributed by atoms with E-state index in [1.807, 2.05) is 24.3 Å². The summed E-state index contributed by atoms with van der Waals surface area (Å²) in [6.45, 7) is 0.360. The Labute approximate surface area is 91.1 Å². The number of aliphatic carboxylic acids is 1. The Morgan fingerprint density at radius 2 is 2.00 bits per heavy atom. The molecule has 4 heteroatoms. The first-order valence-electron chi connectivity index (χ1n) is 4.38. The Bertz CT molecular complexity index is 310. The summed E-state index contributed by atoms with van der Waals surface area (Å²) in [5.74, 6) is -1.51. The van der Waals surface area contributed by atoms with Crippen molar-refractivity contribution in [3.63, 3.8) is 0 Å². The average Bonchev–Trinajstić information content (AvgIpc) is 2.16. The number of hydrogen-bond donors (Lipinski definition) is 1. The molecule has 0 saturated heterocycles. The minimum absolute atomic E-state index is 0.360. The molecule has 0 aliphatic carbocycles. The molecule has 0 aliphatic heterocycles. The van der Waals surface area contributed by atoms with Gasteiger partial charge in [0.1, 0.15) is 0 Å². The van der Waals surface area contributed by atoms with Crippen molar-refractivity contribution in [2.24, 2.45) is 5.92 Å². The van der Waals surface area contributed by atoms with E-state index in [1.165, 1.54) is 0 Å². The van der Waals surface area contributed by atoms with E-state index < -0.39 is 11.9 Å². The molecule has 0 bridgehead atoms. The van der Waals surface area contributed by atoms with Crippen molar-refractivity contribution in [2.45, 2.75) is 6.42 Å². The van der Waals surface area contributed by atoms with Gasteiger partial charge in [-0.1, -0.05) is 28.1 Å². The average molecular weight is 258 g/mol. The third kappa shape index (κ3) is 3.12. The van der Waals surface area contributed by atoms with E-state index in [0.717, 1.165) is 10.0 Å². The van der Waals surface area contributed by atoms with Gasteiger partial charge in [-0.3, -0.25) is 0 Å². The molecule has 14 heavy (non-hydrogen) atoms. The quantitative estimate of drug-likeness (QED) is 0.798. The molecule has 0 aromatic heterocycles. The van der Waals surface area contributed by atoms with E-state index >= 15 is 0 Å². The van der Waals surface area contributed by atoms with Gasteiger partial charge in [-0.15, -0.1) is 0 Å². The molecule has 0 amide bonds. The van der Waals surface area contributed by atoms with Crippen molar-refractivity contribution in [1.29, 1.82) is 0 Å². The summed E-state index contributed by atoms with van der Waals surface area (Å²) >= 11 is 3.32. The lowest BCUT2D eigenvalue weighted by molar-refractivity contribution is -0.387. The Morgan fingerprint density at radius 3 is 2.43 bits per heavy atom. The standard InChI is InChI=1S/C10H12BrNO2/c11-9-3-1-7(2-4-9)5-8(6-12)10(13)14/h1-4,8H,5-6,12H2,(H,13,14)/t8-/m1/s1. The lowest BCUT2D eigenvalue weighted by atomic mass is 10.00. The lowest BCUT2D eigenvalue weighted by Crippen LogP contribution is -2.57. The minimum atomic E-state index is -1.03. The van der Waals surface area contributed by atoms with Gasteiger partial charge in [0.15, 0.2) is 0 Å². The number of quaternary nitrogens is 1. The predicted octanol–water partition coefficient (Wildman–Crippen LogP) is -0.400. The summed E-state index contributed by atoms with van der Waals surface area (Å²) in [5.41, 5.74) is 4.58. The zero-order valence-corrected chi connectivity index (χ0v) is 9.29. The van der Waals surface area contributed by atoms with E-state index in [9.17, 15) is 9.90 Å². The molecule has 1 atom stereocenters. The Kier molecular flexibility index (Phi) is 4.10. The maximum absolute atomic E-state index is 10.6. The number of carboxylic acids is 1. The Hall–Kier alpha value is -0.870. The van der Waals surface area contributed by atoms with Crippen LogP contribution in [-0.4, -0.2) is 12.5 Å². The first-order valence-corrected chi connectivity index (χ1v) is 5.17. The number of carbonyl (C=O) groups is 1. The van der Waals surface area contributed by atoms with Gasteiger partial charge >= 0.3 is 0 Å². The minimum Gasteiger partial charge on any atom is -0.550 e. The molecule has 1 aromatic rings. The van der Waals surface area contributed by atoms with Gasteiger partial charge in [-0.2, -0.15) is 0 Å². The Balaban J connectivity index is 2.67. The number of hydrogen-bond acceptors (Lipinski definition) is 2. The van der Waals surface area contributed by atoms with Crippen molar-refractivity contribution < 1.29 is 15.6 Å². The first-order chi connectivity index (χ1) is 6.63. The van der Waals surface area contributed by atoms with Crippen LogP contribution < -0.4 is 10.8 Å². The molecule has 0 heterocycles. The summed E-state index contributed by atoms with van der Waals surface area (Å²) in [6, 6.07) is 7.58. The lowest BCUT2D eigenvalue weighted by Gasteiger charge is -2.13. The molecule has 0 aliphatic rings. The van der Waals surface area contributed by atoms with E-state index in [0.29, 0.717) is 13.0 Å². The molecule has 0 fully saturated rings. The van der Waals surface area contributed by atoms with Crippen LogP contribution in [0.25, 0.3) is 0 Å². The molecule has 3 N–H and O–H groups in total. The van der Waals surface area contributed by atoms with Crippen LogP contribution >= 0.6 is 15.9 Å². The topological polar surface area (TPSA) is 67.8 Å². The smallest absolute Gasteiger partial charge is 0.0824 e. The fourth-order valence-corrected chi connectivity index (χ4v) is 1.47. The van der Waals surface area contributed by atoms with Crippen molar-refractivity contribution >= 4 is 21.9 Å². The molecular formula is C10H12BrNO2. The molecule has 0 spiro atoms. The third-order valence-corrected chi connectivity index (χ3v) is 2.61. The molecule has 0 radical (unpaired) electrons. The van der Waals surface area contributed by atoms with E-state index in [-0.39, 0.29) is 0 Å². The number of halogens is 1. The number of rotatable bonds is 4. The molecular weight excluding hydrogens is 246 g/mol. The summed E-state index contributed by atoms with van der Waals surface area (Å²) < 4.78 is 0.987. The fourth-order valence-electron chi connectivity index (χ4n) is 1.21. The highest BCUT2D eigenvalue weighted by molar-refractivity contribution is 9.10. The molecule has 1 rings (SSSR count).